The van der Waals surface area contributed by atoms with Crippen LogP contribution in [0.4, 0.5) is 18.9 Å². The van der Waals surface area contributed by atoms with Crippen LogP contribution in [0.15, 0.2) is 18.2 Å². The molecule has 0 aliphatic carbocycles. The van der Waals surface area contributed by atoms with Gasteiger partial charge in [0, 0.05) is 22.5 Å². The molecule has 3 nitrogen and oxygen atoms in total. The number of benzene rings is 1. The molecular formula is C12H15ClF3NO2S. The van der Waals surface area contributed by atoms with Crippen molar-refractivity contribution in [1.29, 1.82) is 0 Å². The first-order valence-electron chi connectivity index (χ1n) is 5.89. The van der Waals surface area contributed by atoms with E-state index < -0.39 is 27.6 Å². The lowest BCUT2D eigenvalue weighted by Crippen LogP contribution is -2.27. The highest BCUT2D eigenvalue weighted by Gasteiger charge is 2.34. The molecule has 0 heterocycles. The Kier molecular flexibility index (Phi) is 5.32. The van der Waals surface area contributed by atoms with Crippen molar-refractivity contribution in [1.82, 2.24) is 0 Å². The fourth-order valence-electron chi connectivity index (χ4n) is 1.68. The van der Waals surface area contributed by atoms with Crippen LogP contribution in [0.3, 0.4) is 0 Å². The van der Waals surface area contributed by atoms with Gasteiger partial charge in [0.25, 0.3) is 0 Å². The molecule has 1 atom stereocenters. The van der Waals surface area contributed by atoms with E-state index in [-0.39, 0.29) is 22.2 Å². The van der Waals surface area contributed by atoms with E-state index in [2.05, 4.69) is 5.32 Å². The van der Waals surface area contributed by atoms with Crippen molar-refractivity contribution in [3.8, 4) is 0 Å². The van der Waals surface area contributed by atoms with Crippen molar-refractivity contribution in [2.75, 3.05) is 16.8 Å². The average molecular weight is 330 g/mol. The zero-order valence-corrected chi connectivity index (χ0v) is 12.5. The van der Waals surface area contributed by atoms with Gasteiger partial charge < -0.3 is 5.32 Å². The number of halogens is 4. The van der Waals surface area contributed by atoms with Crippen molar-refractivity contribution < 1.29 is 21.6 Å². The second-order valence-corrected chi connectivity index (χ2v) is 7.27. The summed E-state index contributed by atoms with van der Waals surface area (Å²) >= 11 is 5.56. The fraction of sp³-hybridized carbons (Fsp3) is 0.500. The van der Waals surface area contributed by atoms with Crippen LogP contribution < -0.4 is 5.32 Å². The highest BCUT2D eigenvalue weighted by molar-refractivity contribution is 7.91. The summed E-state index contributed by atoms with van der Waals surface area (Å²) in [4.78, 5) is 0. The van der Waals surface area contributed by atoms with Gasteiger partial charge in [-0.2, -0.15) is 13.2 Å². The molecule has 0 aromatic heterocycles. The highest BCUT2D eigenvalue weighted by Crippen LogP contribution is 2.36. The minimum absolute atomic E-state index is 0.0308. The smallest absolute Gasteiger partial charge is 0.381 e. The minimum Gasteiger partial charge on any atom is -0.381 e. The molecule has 0 radical (unpaired) electrons. The second-order valence-electron chi connectivity index (χ2n) is 4.43. The van der Waals surface area contributed by atoms with Gasteiger partial charge in [-0.15, -0.1) is 0 Å². The molecule has 1 rings (SSSR count). The lowest BCUT2D eigenvalue weighted by atomic mass is 10.1. The molecule has 1 unspecified atom stereocenters. The second kappa shape index (κ2) is 6.22. The molecule has 0 saturated carbocycles. The van der Waals surface area contributed by atoms with Crippen LogP contribution in [0.25, 0.3) is 0 Å². The van der Waals surface area contributed by atoms with E-state index in [9.17, 15) is 21.6 Å². The van der Waals surface area contributed by atoms with Gasteiger partial charge in [-0.1, -0.05) is 18.5 Å². The maximum absolute atomic E-state index is 12.9. The summed E-state index contributed by atoms with van der Waals surface area (Å²) in [6.07, 6.45) is -4.56. The summed E-state index contributed by atoms with van der Waals surface area (Å²) in [5.41, 5.74) is -1.09. The summed E-state index contributed by atoms with van der Waals surface area (Å²) in [7, 11) is -3.27. The van der Waals surface area contributed by atoms with Crippen LogP contribution in [0.5, 0.6) is 0 Å². The third-order valence-electron chi connectivity index (χ3n) is 2.63. The van der Waals surface area contributed by atoms with Gasteiger partial charge in [0.1, 0.15) is 0 Å². The quantitative estimate of drug-likeness (QED) is 0.898. The topological polar surface area (TPSA) is 46.2 Å². The molecule has 1 aromatic rings. The van der Waals surface area contributed by atoms with E-state index in [1.807, 2.05) is 0 Å². The number of hydrogen-bond acceptors (Lipinski definition) is 3. The van der Waals surface area contributed by atoms with Crippen molar-refractivity contribution in [2.24, 2.45) is 0 Å². The lowest BCUT2D eigenvalue weighted by Gasteiger charge is -2.19. The summed E-state index contributed by atoms with van der Waals surface area (Å²) < 4.78 is 61.5. The summed E-state index contributed by atoms with van der Waals surface area (Å²) in [6, 6.07) is 2.69. The van der Waals surface area contributed by atoms with Gasteiger partial charge in [-0.25, -0.2) is 8.42 Å². The maximum Gasteiger partial charge on any atom is 0.418 e. The van der Waals surface area contributed by atoms with E-state index in [0.29, 0.717) is 0 Å². The first kappa shape index (κ1) is 17.1. The predicted molar refractivity (Wildman–Crippen MR) is 73.9 cm³/mol. The van der Waals surface area contributed by atoms with Crippen LogP contribution in [0.2, 0.25) is 5.02 Å². The molecule has 20 heavy (non-hydrogen) atoms. The van der Waals surface area contributed by atoms with Gasteiger partial charge in [0.05, 0.1) is 11.3 Å². The first-order valence-corrected chi connectivity index (χ1v) is 8.09. The van der Waals surface area contributed by atoms with Gasteiger partial charge >= 0.3 is 6.18 Å². The molecule has 114 valence electrons. The predicted octanol–water partition coefficient (Wildman–Crippen LogP) is 3.59. The van der Waals surface area contributed by atoms with Crippen LogP contribution in [-0.2, 0) is 16.0 Å². The summed E-state index contributed by atoms with van der Waals surface area (Å²) in [6.45, 7) is 3.01. The van der Waals surface area contributed by atoms with Crippen molar-refractivity contribution in [3.05, 3.63) is 28.8 Å². The van der Waals surface area contributed by atoms with Gasteiger partial charge in [-0.3, -0.25) is 0 Å². The van der Waals surface area contributed by atoms with E-state index >= 15 is 0 Å². The molecule has 0 fully saturated rings. The normalized spacial score (nSPS) is 14.1. The number of alkyl halides is 3. The van der Waals surface area contributed by atoms with Crippen LogP contribution in [0, 0.1) is 0 Å². The van der Waals surface area contributed by atoms with Gasteiger partial charge in [0.2, 0.25) is 0 Å². The number of nitrogens with one attached hydrogen (secondary N) is 1. The number of rotatable bonds is 5. The standard InChI is InChI=1S/C12H15ClF3NO2S/c1-3-20(18,19)7-8(2)17-11-5-4-9(13)6-10(11)12(14,15)16/h4-6,8,17H,3,7H2,1-2H3. The zero-order chi connectivity index (χ0) is 15.6. The van der Waals surface area contributed by atoms with Crippen LogP contribution in [-0.4, -0.2) is 26.0 Å². The number of hydrogen-bond donors (Lipinski definition) is 1. The Balaban J connectivity index is 2.98. The Morgan fingerprint density at radius 2 is 1.95 bits per heavy atom. The molecule has 0 aliphatic heterocycles. The molecule has 0 aliphatic rings. The van der Waals surface area contributed by atoms with E-state index in [4.69, 9.17) is 11.6 Å². The molecule has 1 aromatic carbocycles. The monoisotopic (exact) mass is 329 g/mol. The van der Waals surface area contributed by atoms with E-state index in [0.717, 1.165) is 6.07 Å². The van der Waals surface area contributed by atoms with Gasteiger partial charge in [0.15, 0.2) is 9.84 Å². The van der Waals surface area contributed by atoms with Crippen molar-refractivity contribution >= 4 is 27.1 Å². The van der Waals surface area contributed by atoms with Crippen LogP contribution in [0.1, 0.15) is 19.4 Å². The molecule has 1 N–H and O–H groups in total. The first-order chi connectivity index (χ1) is 9.05. The molecular weight excluding hydrogens is 315 g/mol. The van der Waals surface area contributed by atoms with E-state index in [1.165, 1.54) is 26.0 Å². The zero-order valence-electron chi connectivity index (χ0n) is 11.0. The third kappa shape index (κ3) is 4.86. The summed E-state index contributed by atoms with van der Waals surface area (Å²) in [5, 5.41) is 2.55. The molecule has 8 heteroatoms. The third-order valence-corrected chi connectivity index (χ3v) is 4.76. The highest BCUT2D eigenvalue weighted by atomic mass is 35.5. The van der Waals surface area contributed by atoms with Crippen molar-refractivity contribution in [2.45, 2.75) is 26.1 Å². The summed E-state index contributed by atoms with van der Waals surface area (Å²) in [5.74, 6) is -0.283. The Morgan fingerprint density at radius 3 is 2.45 bits per heavy atom. The lowest BCUT2D eigenvalue weighted by molar-refractivity contribution is -0.136. The Labute approximate surface area is 121 Å². The fourth-order valence-corrected chi connectivity index (χ4v) is 2.94. The Hall–Kier alpha value is -0.950. The molecule has 0 bridgehead atoms. The minimum atomic E-state index is -4.56. The Morgan fingerprint density at radius 1 is 1.35 bits per heavy atom. The Bertz CT molecular complexity index is 573. The van der Waals surface area contributed by atoms with E-state index in [1.54, 1.807) is 0 Å². The largest absolute Gasteiger partial charge is 0.418 e. The molecule has 0 amide bonds. The molecule has 0 saturated heterocycles. The number of anilines is 1. The maximum atomic E-state index is 12.9. The van der Waals surface area contributed by atoms with Crippen LogP contribution >= 0.6 is 11.6 Å². The molecule has 0 spiro atoms. The van der Waals surface area contributed by atoms with Crippen molar-refractivity contribution in [3.63, 3.8) is 0 Å². The number of sulfone groups is 1. The van der Waals surface area contributed by atoms with Gasteiger partial charge in [-0.05, 0) is 25.1 Å². The average Bonchev–Trinajstić information content (AvgIpc) is 2.29. The SMILES string of the molecule is CCS(=O)(=O)CC(C)Nc1ccc(Cl)cc1C(F)(F)F.